The van der Waals surface area contributed by atoms with Gasteiger partial charge in [-0.05, 0) is 41.8 Å². The second kappa shape index (κ2) is 7.66. The van der Waals surface area contributed by atoms with Gasteiger partial charge in [-0.3, -0.25) is 4.79 Å². The highest BCUT2D eigenvalue weighted by molar-refractivity contribution is 6.31. The summed E-state index contributed by atoms with van der Waals surface area (Å²) in [6, 6.07) is 14.8. The van der Waals surface area contributed by atoms with Crippen molar-refractivity contribution in [2.24, 2.45) is 0 Å². The number of benzene rings is 2. The van der Waals surface area contributed by atoms with Gasteiger partial charge in [0.2, 0.25) is 5.91 Å². The fourth-order valence-corrected chi connectivity index (χ4v) is 2.25. The molecule has 2 N–H and O–H groups in total. The lowest BCUT2D eigenvalue weighted by atomic mass is 10.0. The third kappa shape index (κ3) is 4.73. The Balaban J connectivity index is 1.95. The summed E-state index contributed by atoms with van der Waals surface area (Å²) in [4.78, 5) is 12.0. The normalized spacial score (nSPS) is 10.2. The predicted molar refractivity (Wildman–Crippen MR) is 93.8 cm³/mol. The van der Waals surface area contributed by atoms with Crippen LogP contribution in [0.5, 0.6) is 0 Å². The van der Waals surface area contributed by atoms with Gasteiger partial charge >= 0.3 is 0 Å². The van der Waals surface area contributed by atoms with E-state index in [2.05, 4.69) is 24.5 Å². The number of hydrogen-bond donors (Lipinski definition) is 2. The monoisotopic (exact) mass is 327 g/mol. The minimum Gasteiger partial charge on any atom is -0.376 e. The van der Waals surface area contributed by atoms with E-state index in [0.717, 1.165) is 5.69 Å². The molecule has 0 radical (unpaired) electrons. The molecular weight excluding hydrogens is 310 g/mol. The summed E-state index contributed by atoms with van der Waals surface area (Å²) in [6.45, 7) is 4.37. The number of nitriles is 1. The summed E-state index contributed by atoms with van der Waals surface area (Å²) >= 11 is 5.89. The highest BCUT2D eigenvalue weighted by atomic mass is 35.5. The zero-order chi connectivity index (χ0) is 16.8. The molecule has 0 saturated heterocycles. The van der Waals surface area contributed by atoms with Crippen LogP contribution in [0.15, 0.2) is 42.5 Å². The Morgan fingerprint density at radius 2 is 1.91 bits per heavy atom. The van der Waals surface area contributed by atoms with E-state index in [-0.39, 0.29) is 12.5 Å². The van der Waals surface area contributed by atoms with Gasteiger partial charge in [0.05, 0.1) is 17.8 Å². The molecule has 0 unspecified atom stereocenters. The number of carbonyl (C=O) groups excluding carboxylic acids is 1. The standard InChI is InChI=1S/C18H18ClN3O/c1-12(2)13-4-7-16(8-5-13)21-11-18(23)22-17-9-15(19)6-3-14(17)10-20/h3-9,12,21H,11H2,1-2H3,(H,22,23). The van der Waals surface area contributed by atoms with Gasteiger partial charge in [0, 0.05) is 10.7 Å². The minimum atomic E-state index is -0.239. The van der Waals surface area contributed by atoms with Crippen molar-refractivity contribution in [3.63, 3.8) is 0 Å². The lowest BCUT2D eigenvalue weighted by Gasteiger charge is -2.10. The van der Waals surface area contributed by atoms with E-state index in [4.69, 9.17) is 16.9 Å². The van der Waals surface area contributed by atoms with Crippen molar-refractivity contribution in [1.29, 1.82) is 5.26 Å². The van der Waals surface area contributed by atoms with Gasteiger partial charge < -0.3 is 10.6 Å². The minimum absolute atomic E-state index is 0.110. The lowest BCUT2D eigenvalue weighted by Crippen LogP contribution is -2.22. The van der Waals surface area contributed by atoms with Crippen LogP contribution < -0.4 is 10.6 Å². The van der Waals surface area contributed by atoms with Gasteiger partial charge in [0.25, 0.3) is 0 Å². The van der Waals surface area contributed by atoms with Gasteiger partial charge in [0.1, 0.15) is 6.07 Å². The summed E-state index contributed by atoms with van der Waals surface area (Å²) < 4.78 is 0. The smallest absolute Gasteiger partial charge is 0.243 e. The Labute approximate surface area is 141 Å². The van der Waals surface area contributed by atoms with Crippen LogP contribution in [0.4, 0.5) is 11.4 Å². The number of nitrogens with zero attached hydrogens (tertiary/aromatic N) is 1. The van der Waals surface area contributed by atoms with Gasteiger partial charge in [-0.15, -0.1) is 0 Å². The molecule has 0 heterocycles. The zero-order valence-corrected chi connectivity index (χ0v) is 13.8. The molecule has 0 aliphatic carbocycles. The Kier molecular flexibility index (Phi) is 5.61. The van der Waals surface area contributed by atoms with E-state index in [1.54, 1.807) is 18.2 Å². The SMILES string of the molecule is CC(C)c1ccc(NCC(=O)Nc2cc(Cl)ccc2C#N)cc1. The van der Waals surface area contributed by atoms with Crippen molar-refractivity contribution >= 4 is 28.9 Å². The maximum Gasteiger partial charge on any atom is 0.243 e. The summed E-state index contributed by atoms with van der Waals surface area (Å²) in [7, 11) is 0. The first-order chi connectivity index (χ1) is 11.0. The molecule has 5 heteroatoms. The van der Waals surface area contributed by atoms with Crippen molar-refractivity contribution in [3.05, 3.63) is 58.6 Å². The number of rotatable bonds is 5. The van der Waals surface area contributed by atoms with Crippen molar-refractivity contribution in [1.82, 2.24) is 0 Å². The van der Waals surface area contributed by atoms with E-state index in [9.17, 15) is 4.79 Å². The Morgan fingerprint density at radius 3 is 2.52 bits per heavy atom. The van der Waals surface area contributed by atoms with E-state index in [1.165, 1.54) is 5.56 Å². The molecule has 0 saturated carbocycles. The molecule has 0 fully saturated rings. The molecule has 23 heavy (non-hydrogen) atoms. The molecule has 0 atom stereocenters. The average molecular weight is 328 g/mol. The van der Waals surface area contributed by atoms with Gasteiger partial charge in [-0.2, -0.15) is 5.26 Å². The summed E-state index contributed by atoms with van der Waals surface area (Å²) in [5, 5.41) is 15.3. The highest BCUT2D eigenvalue weighted by Gasteiger charge is 2.08. The molecule has 0 bridgehead atoms. The Morgan fingerprint density at radius 1 is 1.22 bits per heavy atom. The molecule has 0 aliphatic rings. The molecule has 0 aliphatic heterocycles. The van der Waals surface area contributed by atoms with Crippen molar-refractivity contribution in [2.75, 3.05) is 17.2 Å². The van der Waals surface area contributed by atoms with E-state index < -0.39 is 0 Å². The summed E-state index contributed by atoms with van der Waals surface area (Å²) in [6.07, 6.45) is 0. The maximum atomic E-state index is 12.0. The maximum absolute atomic E-state index is 12.0. The third-order valence-corrected chi connectivity index (χ3v) is 3.64. The predicted octanol–water partition coefficient (Wildman–Crippen LogP) is 4.39. The number of hydrogen-bond acceptors (Lipinski definition) is 3. The summed E-state index contributed by atoms with van der Waals surface area (Å²) in [5.41, 5.74) is 2.92. The van der Waals surface area contributed by atoms with Gasteiger partial charge in [-0.25, -0.2) is 0 Å². The highest BCUT2D eigenvalue weighted by Crippen LogP contribution is 2.20. The van der Waals surface area contributed by atoms with Gasteiger partial charge in [-0.1, -0.05) is 37.6 Å². The van der Waals surface area contributed by atoms with E-state index >= 15 is 0 Å². The van der Waals surface area contributed by atoms with Crippen LogP contribution in [-0.4, -0.2) is 12.5 Å². The Bertz CT molecular complexity index is 733. The van der Waals surface area contributed by atoms with Crippen LogP contribution in [0.25, 0.3) is 0 Å². The van der Waals surface area contributed by atoms with Crippen LogP contribution >= 0.6 is 11.6 Å². The van der Waals surface area contributed by atoms with E-state index in [1.807, 2.05) is 30.3 Å². The Hall–Kier alpha value is -2.51. The van der Waals surface area contributed by atoms with Crippen molar-refractivity contribution in [3.8, 4) is 6.07 Å². The molecule has 4 nitrogen and oxygen atoms in total. The first-order valence-electron chi connectivity index (χ1n) is 7.33. The average Bonchev–Trinajstić information content (AvgIpc) is 2.53. The van der Waals surface area contributed by atoms with Crippen LogP contribution in [0.1, 0.15) is 30.9 Å². The number of halogens is 1. The first kappa shape index (κ1) is 16.9. The third-order valence-electron chi connectivity index (χ3n) is 3.41. The molecular formula is C18H18ClN3O. The molecule has 118 valence electrons. The quantitative estimate of drug-likeness (QED) is 0.856. The van der Waals surface area contributed by atoms with Crippen LogP contribution in [0.3, 0.4) is 0 Å². The molecule has 0 aromatic heterocycles. The van der Waals surface area contributed by atoms with Crippen LogP contribution in [0, 0.1) is 11.3 Å². The number of carbonyl (C=O) groups is 1. The lowest BCUT2D eigenvalue weighted by molar-refractivity contribution is -0.114. The van der Waals surface area contributed by atoms with Gasteiger partial charge in [0.15, 0.2) is 0 Å². The topological polar surface area (TPSA) is 64.9 Å². The molecule has 2 aromatic rings. The second-order valence-corrected chi connectivity index (χ2v) is 5.92. The number of anilines is 2. The molecule has 2 rings (SSSR count). The fraction of sp³-hybridized carbons (Fsp3) is 0.222. The first-order valence-corrected chi connectivity index (χ1v) is 7.70. The van der Waals surface area contributed by atoms with Crippen molar-refractivity contribution < 1.29 is 4.79 Å². The van der Waals surface area contributed by atoms with Crippen LogP contribution in [-0.2, 0) is 4.79 Å². The van der Waals surface area contributed by atoms with Crippen molar-refractivity contribution in [2.45, 2.75) is 19.8 Å². The fourth-order valence-electron chi connectivity index (χ4n) is 2.08. The van der Waals surface area contributed by atoms with E-state index in [0.29, 0.717) is 22.2 Å². The molecule has 2 aromatic carbocycles. The zero-order valence-electron chi connectivity index (χ0n) is 13.1. The van der Waals surface area contributed by atoms with Crippen LogP contribution in [0.2, 0.25) is 5.02 Å². The largest absolute Gasteiger partial charge is 0.376 e. The molecule has 1 amide bonds. The molecule has 0 spiro atoms. The summed E-state index contributed by atoms with van der Waals surface area (Å²) in [5.74, 6) is 0.233. The number of nitrogens with one attached hydrogen (secondary N) is 2. The second-order valence-electron chi connectivity index (χ2n) is 5.48. The number of amides is 1.